The minimum Gasteiger partial charge on any atom is -0.330 e. The Bertz CT molecular complexity index is 709. The third-order valence-electron chi connectivity index (χ3n) is 3.83. The molecule has 2 aromatic heterocycles. The zero-order valence-corrected chi connectivity index (χ0v) is 11.9. The first-order chi connectivity index (χ1) is 10.2. The van der Waals surface area contributed by atoms with Crippen LogP contribution in [0.2, 0.25) is 0 Å². The molecule has 0 spiro atoms. The SMILES string of the molecule is Cc1ccc(C(=O)N2CCC[C@@H]2c2ccccn2)c(=O)[nH]1. The van der Waals surface area contributed by atoms with Gasteiger partial charge in [0.15, 0.2) is 0 Å². The van der Waals surface area contributed by atoms with E-state index >= 15 is 0 Å². The highest BCUT2D eigenvalue weighted by Crippen LogP contribution is 2.31. The fraction of sp³-hybridized carbons (Fsp3) is 0.312. The van der Waals surface area contributed by atoms with Gasteiger partial charge in [-0.3, -0.25) is 14.6 Å². The molecule has 0 aromatic carbocycles. The monoisotopic (exact) mass is 283 g/mol. The van der Waals surface area contributed by atoms with Gasteiger partial charge >= 0.3 is 0 Å². The van der Waals surface area contributed by atoms with Gasteiger partial charge in [-0.1, -0.05) is 6.07 Å². The van der Waals surface area contributed by atoms with Crippen LogP contribution in [0.1, 0.15) is 40.6 Å². The highest BCUT2D eigenvalue weighted by Gasteiger charge is 2.32. The van der Waals surface area contributed by atoms with Crippen LogP contribution in [0.15, 0.2) is 41.3 Å². The van der Waals surface area contributed by atoms with Gasteiger partial charge in [0.05, 0.1) is 11.7 Å². The number of nitrogens with zero attached hydrogens (tertiary/aromatic N) is 2. The van der Waals surface area contributed by atoms with Crippen molar-refractivity contribution in [1.29, 1.82) is 0 Å². The van der Waals surface area contributed by atoms with Crippen molar-refractivity contribution in [3.63, 3.8) is 0 Å². The van der Waals surface area contributed by atoms with Gasteiger partial charge in [0.1, 0.15) is 5.56 Å². The second kappa shape index (κ2) is 5.52. The van der Waals surface area contributed by atoms with Crippen molar-refractivity contribution in [3.8, 4) is 0 Å². The summed E-state index contributed by atoms with van der Waals surface area (Å²) < 4.78 is 0. The average Bonchev–Trinajstić information content (AvgIpc) is 2.97. The van der Waals surface area contributed by atoms with Gasteiger partial charge in [0, 0.05) is 18.4 Å². The van der Waals surface area contributed by atoms with E-state index < -0.39 is 0 Å². The van der Waals surface area contributed by atoms with E-state index in [9.17, 15) is 9.59 Å². The zero-order valence-electron chi connectivity index (χ0n) is 11.9. The van der Waals surface area contributed by atoms with Crippen LogP contribution in [-0.2, 0) is 0 Å². The number of hydrogen-bond donors (Lipinski definition) is 1. The van der Waals surface area contributed by atoms with Gasteiger partial charge in [0.25, 0.3) is 11.5 Å². The molecule has 1 atom stereocenters. The van der Waals surface area contributed by atoms with Gasteiger partial charge in [-0.25, -0.2) is 0 Å². The number of aromatic nitrogens is 2. The molecule has 21 heavy (non-hydrogen) atoms. The van der Waals surface area contributed by atoms with Crippen LogP contribution in [0.5, 0.6) is 0 Å². The lowest BCUT2D eigenvalue weighted by molar-refractivity contribution is 0.0731. The highest BCUT2D eigenvalue weighted by atomic mass is 16.2. The van der Waals surface area contributed by atoms with Crippen molar-refractivity contribution in [2.45, 2.75) is 25.8 Å². The molecule has 0 unspecified atom stereocenters. The van der Waals surface area contributed by atoms with Gasteiger partial charge < -0.3 is 9.88 Å². The molecule has 1 saturated heterocycles. The Morgan fingerprint density at radius 3 is 2.90 bits per heavy atom. The van der Waals surface area contributed by atoms with E-state index in [0.717, 1.165) is 24.2 Å². The Hall–Kier alpha value is -2.43. The molecular formula is C16H17N3O2. The van der Waals surface area contributed by atoms with Crippen LogP contribution in [0.25, 0.3) is 0 Å². The van der Waals surface area contributed by atoms with Crippen LogP contribution in [0.4, 0.5) is 0 Å². The number of hydrogen-bond acceptors (Lipinski definition) is 3. The largest absolute Gasteiger partial charge is 0.330 e. The molecule has 1 N–H and O–H groups in total. The number of H-pyrrole nitrogens is 1. The van der Waals surface area contributed by atoms with Crippen LogP contribution in [0, 0.1) is 6.92 Å². The molecule has 1 aliphatic heterocycles. The Morgan fingerprint density at radius 1 is 1.33 bits per heavy atom. The van der Waals surface area contributed by atoms with Crippen molar-refractivity contribution in [1.82, 2.24) is 14.9 Å². The first-order valence-electron chi connectivity index (χ1n) is 7.08. The summed E-state index contributed by atoms with van der Waals surface area (Å²) in [6, 6.07) is 9.01. The van der Waals surface area contributed by atoms with Crippen molar-refractivity contribution in [2.75, 3.05) is 6.54 Å². The van der Waals surface area contributed by atoms with Gasteiger partial charge in [-0.2, -0.15) is 0 Å². The summed E-state index contributed by atoms with van der Waals surface area (Å²) in [5.74, 6) is -0.218. The van der Waals surface area contributed by atoms with E-state index in [2.05, 4.69) is 9.97 Å². The van der Waals surface area contributed by atoms with Crippen molar-refractivity contribution in [2.24, 2.45) is 0 Å². The lowest BCUT2D eigenvalue weighted by Crippen LogP contribution is -2.34. The van der Waals surface area contributed by atoms with E-state index in [0.29, 0.717) is 6.54 Å². The second-order valence-corrected chi connectivity index (χ2v) is 5.30. The molecule has 1 aliphatic rings. The molecule has 3 heterocycles. The summed E-state index contributed by atoms with van der Waals surface area (Å²) in [6.45, 7) is 2.45. The quantitative estimate of drug-likeness (QED) is 0.917. The minimum absolute atomic E-state index is 0.0422. The fourth-order valence-corrected chi connectivity index (χ4v) is 2.79. The number of amides is 1. The number of carbonyl (C=O) groups excluding carboxylic acids is 1. The van der Waals surface area contributed by atoms with E-state index in [1.54, 1.807) is 30.2 Å². The normalized spacial score (nSPS) is 18.0. The zero-order chi connectivity index (χ0) is 14.8. The minimum atomic E-state index is -0.327. The van der Waals surface area contributed by atoms with E-state index in [1.165, 1.54) is 0 Å². The van der Waals surface area contributed by atoms with Crippen LogP contribution < -0.4 is 5.56 Å². The number of aromatic amines is 1. The lowest BCUT2D eigenvalue weighted by Gasteiger charge is -2.24. The summed E-state index contributed by atoms with van der Waals surface area (Å²) in [4.78, 5) is 33.4. The Balaban J connectivity index is 1.92. The molecule has 0 bridgehead atoms. The second-order valence-electron chi connectivity index (χ2n) is 5.30. The first kappa shape index (κ1) is 13.5. The number of carbonyl (C=O) groups is 1. The number of nitrogens with one attached hydrogen (secondary N) is 1. The summed E-state index contributed by atoms with van der Waals surface area (Å²) in [6.07, 6.45) is 3.54. The van der Waals surface area contributed by atoms with Gasteiger partial charge in [-0.05, 0) is 44.0 Å². The van der Waals surface area contributed by atoms with Crippen LogP contribution in [-0.4, -0.2) is 27.3 Å². The summed E-state index contributed by atoms with van der Waals surface area (Å²) in [5.41, 5.74) is 1.50. The molecule has 3 rings (SSSR count). The number of likely N-dealkylation sites (tertiary alicyclic amines) is 1. The molecule has 108 valence electrons. The van der Waals surface area contributed by atoms with E-state index in [-0.39, 0.29) is 23.1 Å². The fourth-order valence-electron chi connectivity index (χ4n) is 2.79. The topological polar surface area (TPSA) is 66.1 Å². The molecular weight excluding hydrogens is 266 g/mol. The van der Waals surface area contributed by atoms with E-state index in [4.69, 9.17) is 0 Å². The predicted octanol–water partition coefficient (Wildman–Crippen LogP) is 2.06. The van der Waals surface area contributed by atoms with Crippen LogP contribution >= 0.6 is 0 Å². The summed E-state index contributed by atoms with van der Waals surface area (Å²) in [5, 5.41) is 0. The molecule has 0 aliphatic carbocycles. The maximum atomic E-state index is 12.6. The number of rotatable bonds is 2. The predicted molar refractivity (Wildman–Crippen MR) is 79.0 cm³/mol. The molecule has 5 heteroatoms. The van der Waals surface area contributed by atoms with Gasteiger partial charge in [-0.15, -0.1) is 0 Å². The summed E-state index contributed by atoms with van der Waals surface area (Å²) >= 11 is 0. The maximum Gasteiger partial charge on any atom is 0.260 e. The molecule has 0 radical (unpaired) electrons. The Kier molecular flexibility index (Phi) is 3.56. The van der Waals surface area contributed by atoms with Crippen molar-refractivity contribution >= 4 is 5.91 Å². The molecule has 2 aromatic rings. The Labute approximate surface area is 122 Å². The van der Waals surface area contributed by atoms with Crippen molar-refractivity contribution < 1.29 is 4.79 Å². The van der Waals surface area contributed by atoms with Gasteiger partial charge in [0.2, 0.25) is 0 Å². The molecule has 5 nitrogen and oxygen atoms in total. The number of pyridine rings is 2. The standard InChI is InChI=1S/C16H17N3O2/c1-11-7-8-12(15(20)18-11)16(21)19-10-4-6-14(19)13-5-2-3-9-17-13/h2-3,5,7-9,14H,4,6,10H2,1H3,(H,18,20)/t14-/m1/s1. The maximum absolute atomic E-state index is 12.6. The molecule has 0 saturated carbocycles. The first-order valence-corrected chi connectivity index (χ1v) is 7.08. The lowest BCUT2D eigenvalue weighted by atomic mass is 10.1. The number of aryl methyl sites for hydroxylation is 1. The third kappa shape index (κ3) is 2.59. The molecule has 1 amide bonds. The smallest absolute Gasteiger partial charge is 0.260 e. The average molecular weight is 283 g/mol. The van der Waals surface area contributed by atoms with E-state index in [1.807, 2.05) is 18.2 Å². The van der Waals surface area contributed by atoms with Crippen molar-refractivity contribution in [3.05, 3.63) is 63.8 Å². The summed E-state index contributed by atoms with van der Waals surface area (Å²) in [7, 11) is 0. The molecule has 1 fully saturated rings. The highest BCUT2D eigenvalue weighted by molar-refractivity contribution is 5.94. The Morgan fingerprint density at radius 2 is 2.19 bits per heavy atom. The van der Waals surface area contributed by atoms with Crippen LogP contribution in [0.3, 0.4) is 0 Å². The third-order valence-corrected chi connectivity index (χ3v) is 3.83.